The number of amides is 1. The number of ether oxygens (including phenoxy) is 3. The molecule has 0 spiro atoms. The molecule has 1 amide bonds. The van der Waals surface area contributed by atoms with Gasteiger partial charge < -0.3 is 19.5 Å². The first-order valence-corrected chi connectivity index (χ1v) is 10.8. The summed E-state index contributed by atoms with van der Waals surface area (Å²) in [6.07, 6.45) is 0. The van der Waals surface area contributed by atoms with Crippen molar-refractivity contribution in [1.82, 2.24) is 9.55 Å². The van der Waals surface area contributed by atoms with Crippen LogP contribution in [-0.2, 0) is 11.8 Å². The van der Waals surface area contributed by atoms with Crippen LogP contribution in [0.15, 0.2) is 22.1 Å². The van der Waals surface area contributed by atoms with Gasteiger partial charge in [-0.25, -0.2) is 4.98 Å². The van der Waals surface area contributed by atoms with Gasteiger partial charge >= 0.3 is 0 Å². The summed E-state index contributed by atoms with van der Waals surface area (Å²) in [5.41, 5.74) is 1.37. The van der Waals surface area contributed by atoms with E-state index in [1.807, 2.05) is 13.8 Å². The summed E-state index contributed by atoms with van der Waals surface area (Å²) < 4.78 is 17.4. The topological polar surface area (TPSA) is 91.7 Å². The number of thiophene rings is 1. The normalized spacial score (nSPS) is 10.9. The van der Waals surface area contributed by atoms with Crippen LogP contribution >= 0.6 is 23.1 Å². The summed E-state index contributed by atoms with van der Waals surface area (Å²) in [4.78, 5) is 31.5. The predicted octanol–water partition coefficient (Wildman–Crippen LogP) is 3.37. The lowest BCUT2D eigenvalue weighted by molar-refractivity contribution is -0.113. The molecule has 30 heavy (non-hydrogen) atoms. The number of nitrogens with one attached hydrogen (secondary N) is 1. The highest BCUT2D eigenvalue weighted by molar-refractivity contribution is 7.99. The lowest BCUT2D eigenvalue weighted by Gasteiger charge is -2.14. The SMILES string of the molecule is COc1cc(NC(=O)CSc2nc3sc(C)c(C)c3c(=O)n2C)cc(OC)c1OC. The molecule has 0 saturated heterocycles. The Morgan fingerprint density at radius 2 is 1.80 bits per heavy atom. The number of carbonyl (C=O) groups is 1. The van der Waals surface area contributed by atoms with Crippen molar-refractivity contribution >= 4 is 44.9 Å². The summed E-state index contributed by atoms with van der Waals surface area (Å²) >= 11 is 2.69. The lowest BCUT2D eigenvalue weighted by atomic mass is 10.2. The Labute approximate surface area is 182 Å². The Morgan fingerprint density at radius 3 is 2.37 bits per heavy atom. The van der Waals surface area contributed by atoms with Crippen molar-refractivity contribution in [2.75, 3.05) is 32.4 Å². The van der Waals surface area contributed by atoms with Crippen LogP contribution in [0.4, 0.5) is 5.69 Å². The van der Waals surface area contributed by atoms with Crippen molar-refractivity contribution in [2.24, 2.45) is 7.05 Å². The second kappa shape index (κ2) is 8.97. The van der Waals surface area contributed by atoms with Crippen LogP contribution < -0.4 is 25.1 Å². The van der Waals surface area contributed by atoms with Gasteiger partial charge in [0.2, 0.25) is 11.7 Å². The quantitative estimate of drug-likeness (QED) is 0.437. The minimum atomic E-state index is -0.248. The van der Waals surface area contributed by atoms with E-state index in [-0.39, 0.29) is 17.2 Å². The lowest BCUT2D eigenvalue weighted by Crippen LogP contribution is -2.21. The maximum absolute atomic E-state index is 12.7. The van der Waals surface area contributed by atoms with Crippen molar-refractivity contribution in [3.63, 3.8) is 0 Å². The van der Waals surface area contributed by atoms with Gasteiger partial charge in [-0.05, 0) is 19.4 Å². The zero-order valence-corrected chi connectivity index (χ0v) is 19.2. The van der Waals surface area contributed by atoms with E-state index in [2.05, 4.69) is 10.3 Å². The number of aryl methyl sites for hydroxylation is 2. The van der Waals surface area contributed by atoms with Crippen LogP contribution in [0.1, 0.15) is 10.4 Å². The molecule has 0 unspecified atom stereocenters. The third-order valence-corrected chi connectivity index (χ3v) is 6.78. The van der Waals surface area contributed by atoms with Crippen LogP contribution in [0.5, 0.6) is 17.2 Å². The van der Waals surface area contributed by atoms with Gasteiger partial charge in [-0.15, -0.1) is 11.3 Å². The van der Waals surface area contributed by atoms with Crippen molar-refractivity contribution in [1.29, 1.82) is 0 Å². The summed E-state index contributed by atoms with van der Waals surface area (Å²) in [6.45, 7) is 3.90. The van der Waals surface area contributed by atoms with E-state index >= 15 is 0 Å². The van der Waals surface area contributed by atoms with Crippen LogP contribution in [0, 0.1) is 13.8 Å². The van der Waals surface area contributed by atoms with E-state index in [0.717, 1.165) is 10.4 Å². The number of nitrogens with zero attached hydrogens (tertiary/aromatic N) is 2. The second-order valence-electron chi connectivity index (χ2n) is 6.47. The number of hydrogen-bond donors (Lipinski definition) is 1. The maximum Gasteiger partial charge on any atom is 0.262 e. The largest absolute Gasteiger partial charge is 0.493 e. The van der Waals surface area contributed by atoms with E-state index in [1.54, 1.807) is 19.2 Å². The molecule has 0 radical (unpaired) electrons. The van der Waals surface area contributed by atoms with Crippen molar-refractivity contribution in [3.05, 3.63) is 32.9 Å². The first-order valence-electron chi connectivity index (χ1n) is 9.00. The van der Waals surface area contributed by atoms with Crippen molar-refractivity contribution in [2.45, 2.75) is 19.0 Å². The molecular formula is C20H23N3O5S2. The molecule has 2 aromatic heterocycles. The summed E-state index contributed by atoms with van der Waals surface area (Å²) in [5.74, 6) is 1.17. The number of methoxy groups -OCH3 is 3. The fraction of sp³-hybridized carbons (Fsp3) is 0.350. The number of hydrogen-bond acceptors (Lipinski definition) is 8. The van der Waals surface area contributed by atoms with E-state index in [0.29, 0.717) is 38.3 Å². The molecule has 0 saturated carbocycles. The number of anilines is 1. The second-order valence-corrected chi connectivity index (χ2v) is 8.62. The highest BCUT2D eigenvalue weighted by Gasteiger charge is 2.17. The molecule has 0 aliphatic heterocycles. The average Bonchev–Trinajstić information content (AvgIpc) is 3.02. The number of aromatic nitrogens is 2. The molecule has 0 bridgehead atoms. The fourth-order valence-electron chi connectivity index (χ4n) is 2.97. The number of rotatable bonds is 7. The Morgan fingerprint density at radius 1 is 1.17 bits per heavy atom. The Hall–Kier alpha value is -2.72. The zero-order valence-electron chi connectivity index (χ0n) is 17.6. The molecule has 160 valence electrons. The minimum absolute atomic E-state index is 0.0891. The average molecular weight is 450 g/mol. The molecule has 2 heterocycles. The highest BCUT2D eigenvalue weighted by atomic mass is 32.2. The van der Waals surface area contributed by atoms with Crippen LogP contribution in [0.2, 0.25) is 0 Å². The smallest absolute Gasteiger partial charge is 0.262 e. The van der Waals surface area contributed by atoms with Crippen LogP contribution in [-0.4, -0.2) is 42.5 Å². The fourth-order valence-corrected chi connectivity index (χ4v) is 4.81. The molecule has 0 fully saturated rings. The molecule has 0 aliphatic carbocycles. The van der Waals surface area contributed by atoms with Gasteiger partial charge in [-0.3, -0.25) is 14.2 Å². The summed E-state index contributed by atoms with van der Waals surface area (Å²) in [7, 11) is 6.20. The first kappa shape index (κ1) is 22.0. The van der Waals surface area contributed by atoms with E-state index in [9.17, 15) is 9.59 Å². The Kier molecular flexibility index (Phi) is 6.57. The zero-order chi connectivity index (χ0) is 22.0. The first-order chi connectivity index (χ1) is 14.3. The number of fused-ring (bicyclic) bond motifs is 1. The molecule has 3 rings (SSSR count). The maximum atomic E-state index is 12.7. The van der Waals surface area contributed by atoms with Gasteiger partial charge in [-0.2, -0.15) is 0 Å². The summed E-state index contributed by atoms with van der Waals surface area (Å²) in [6, 6.07) is 3.31. The van der Waals surface area contributed by atoms with Gasteiger partial charge in [0.1, 0.15) is 4.83 Å². The molecule has 0 aliphatic rings. The van der Waals surface area contributed by atoms with E-state index in [1.165, 1.54) is 49.0 Å². The van der Waals surface area contributed by atoms with Crippen LogP contribution in [0.3, 0.4) is 0 Å². The van der Waals surface area contributed by atoms with Gasteiger partial charge in [0.15, 0.2) is 16.7 Å². The minimum Gasteiger partial charge on any atom is -0.493 e. The van der Waals surface area contributed by atoms with Crippen molar-refractivity contribution in [3.8, 4) is 17.2 Å². The van der Waals surface area contributed by atoms with Gasteiger partial charge in [0.25, 0.3) is 5.56 Å². The molecule has 10 heteroatoms. The number of benzene rings is 1. The Bertz CT molecular complexity index is 1140. The molecule has 1 aromatic carbocycles. The highest BCUT2D eigenvalue weighted by Crippen LogP contribution is 2.40. The van der Waals surface area contributed by atoms with Gasteiger partial charge in [0, 0.05) is 29.7 Å². The number of carbonyl (C=O) groups excluding carboxylic acids is 1. The van der Waals surface area contributed by atoms with Crippen LogP contribution in [0.25, 0.3) is 10.2 Å². The summed E-state index contributed by atoms with van der Waals surface area (Å²) in [5, 5.41) is 3.95. The number of thioether (sulfide) groups is 1. The van der Waals surface area contributed by atoms with Gasteiger partial charge in [0.05, 0.1) is 32.5 Å². The monoisotopic (exact) mass is 449 g/mol. The third kappa shape index (κ3) is 4.10. The molecule has 1 N–H and O–H groups in total. The molecule has 8 nitrogen and oxygen atoms in total. The van der Waals surface area contributed by atoms with Crippen molar-refractivity contribution < 1.29 is 19.0 Å². The van der Waals surface area contributed by atoms with Gasteiger partial charge in [-0.1, -0.05) is 11.8 Å². The Balaban J connectivity index is 1.78. The standard InChI is InChI=1S/C20H23N3O5S2/c1-10-11(2)30-18-16(10)19(25)23(3)20(22-18)29-9-15(24)21-12-7-13(26-4)17(28-6)14(8-12)27-5/h7-8H,9H2,1-6H3,(H,21,24). The molecule has 3 aromatic rings. The predicted molar refractivity (Wildman–Crippen MR) is 120 cm³/mol. The molecule has 0 atom stereocenters. The molecular weight excluding hydrogens is 426 g/mol. The van der Waals surface area contributed by atoms with E-state index < -0.39 is 0 Å². The third-order valence-electron chi connectivity index (χ3n) is 4.65. The van der Waals surface area contributed by atoms with E-state index in [4.69, 9.17) is 14.2 Å².